The van der Waals surface area contributed by atoms with E-state index in [1.54, 1.807) is 19.1 Å². The maximum atomic E-state index is 12.5. The monoisotopic (exact) mass is 310 g/mol. The third-order valence-corrected chi connectivity index (χ3v) is 4.04. The lowest BCUT2D eigenvalue weighted by atomic mass is 10.1. The Morgan fingerprint density at radius 1 is 1.04 bits per heavy atom. The SMILES string of the molecule is Cc1nc(C)n(-c2ccc(C(=O)c3[nH]c(=O)[nH]c3C)cc2)c1C. The molecule has 6 heteroatoms. The van der Waals surface area contributed by atoms with Gasteiger partial charge in [-0.05, 0) is 52.0 Å². The van der Waals surface area contributed by atoms with E-state index in [0.29, 0.717) is 17.0 Å². The van der Waals surface area contributed by atoms with Crippen LogP contribution in [0.5, 0.6) is 0 Å². The number of nitrogens with zero attached hydrogens (tertiary/aromatic N) is 2. The van der Waals surface area contributed by atoms with Crippen LogP contribution in [0.4, 0.5) is 0 Å². The highest BCUT2D eigenvalue weighted by Crippen LogP contribution is 2.19. The van der Waals surface area contributed by atoms with Gasteiger partial charge in [0, 0.05) is 22.6 Å². The molecule has 0 amide bonds. The molecule has 0 saturated carbocycles. The summed E-state index contributed by atoms with van der Waals surface area (Å²) in [5.41, 5.74) is 4.02. The summed E-state index contributed by atoms with van der Waals surface area (Å²) >= 11 is 0. The Hall–Kier alpha value is -2.89. The normalized spacial score (nSPS) is 11.0. The molecule has 0 atom stereocenters. The van der Waals surface area contributed by atoms with Crippen LogP contribution in [0.15, 0.2) is 29.1 Å². The molecule has 0 aliphatic heterocycles. The van der Waals surface area contributed by atoms with E-state index in [1.807, 2.05) is 37.5 Å². The summed E-state index contributed by atoms with van der Waals surface area (Å²) < 4.78 is 2.05. The number of aromatic nitrogens is 4. The molecule has 0 radical (unpaired) electrons. The first-order chi connectivity index (χ1) is 10.9. The van der Waals surface area contributed by atoms with Crippen LogP contribution in [0.1, 0.15) is 39.0 Å². The van der Waals surface area contributed by atoms with Crippen LogP contribution >= 0.6 is 0 Å². The minimum Gasteiger partial charge on any atom is -0.310 e. The molecule has 23 heavy (non-hydrogen) atoms. The number of ketones is 1. The van der Waals surface area contributed by atoms with Crippen molar-refractivity contribution in [2.75, 3.05) is 0 Å². The van der Waals surface area contributed by atoms with Gasteiger partial charge in [0.1, 0.15) is 11.5 Å². The van der Waals surface area contributed by atoms with E-state index in [0.717, 1.165) is 22.9 Å². The number of H-pyrrole nitrogens is 2. The van der Waals surface area contributed by atoms with Gasteiger partial charge in [0.15, 0.2) is 0 Å². The van der Waals surface area contributed by atoms with Gasteiger partial charge in [0.2, 0.25) is 5.78 Å². The van der Waals surface area contributed by atoms with Gasteiger partial charge in [0.25, 0.3) is 0 Å². The van der Waals surface area contributed by atoms with Crippen LogP contribution in [-0.2, 0) is 0 Å². The van der Waals surface area contributed by atoms with Gasteiger partial charge in [-0.2, -0.15) is 0 Å². The van der Waals surface area contributed by atoms with Crippen LogP contribution in [0, 0.1) is 27.7 Å². The van der Waals surface area contributed by atoms with E-state index < -0.39 is 0 Å². The van der Waals surface area contributed by atoms with Crippen molar-refractivity contribution in [1.82, 2.24) is 19.5 Å². The Morgan fingerprint density at radius 2 is 1.70 bits per heavy atom. The molecule has 0 unspecified atom stereocenters. The molecule has 0 bridgehead atoms. The van der Waals surface area contributed by atoms with Crippen molar-refractivity contribution in [3.63, 3.8) is 0 Å². The minimum atomic E-state index is -0.373. The topological polar surface area (TPSA) is 83.5 Å². The molecule has 0 fully saturated rings. The van der Waals surface area contributed by atoms with Gasteiger partial charge in [-0.25, -0.2) is 9.78 Å². The van der Waals surface area contributed by atoms with E-state index >= 15 is 0 Å². The van der Waals surface area contributed by atoms with E-state index in [4.69, 9.17) is 0 Å². The number of nitrogens with one attached hydrogen (secondary N) is 2. The smallest absolute Gasteiger partial charge is 0.310 e. The summed E-state index contributed by atoms with van der Waals surface area (Å²) in [6.45, 7) is 7.64. The average Bonchev–Trinajstić information content (AvgIpc) is 2.97. The van der Waals surface area contributed by atoms with Gasteiger partial charge < -0.3 is 14.5 Å². The lowest BCUT2D eigenvalue weighted by molar-refractivity contribution is 0.103. The van der Waals surface area contributed by atoms with Crippen molar-refractivity contribution in [2.45, 2.75) is 27.7 Å². The molecular formula is C17H18N4O2. The van der Waals surface area contributed by atoms with Crippen LogP contribution in [0.25, 0.3) is 5.69 Å². The number of imidazole rings is 2. The quantitative estimate of drug-likeness (QED) is 0.728. The van der Waals surface area contributed by atoms with E-state index in [1.165, 1.54) is 0 Å². The number of rotatable bonds is 3. The largest absolute Gasteiger partial charge is 0.323 e. The maximum Gasteiger partial charge on any atom is 0.323 e. The first-order valence-electron chi connectivity index (χ1n) is 7.35. The number of carbonyl (C=O) groups is 1. The Morgan fingerprint density at radius 3 is 2.17 bits per heavy atom. The summed E-state index contributed by atoms with van der Waals surface area (Å²) in [6.07, 6.45) is 0. The summed E-state index contributed by atoms with van der Waals surface area (Å²) in [7, 11) is 0. The van der Waals surface area contributed by atoms with Crippen molar-refractivity contribution < 1.29 is 4.79 Å². The molecule has 0 spiro atoms. The Balaban J connectivity index is 1.98. The number of aryl methyl sites for hydroxylation is 3. The van der Waals surface area contributed by atoms with E-state index in [2.05, 4.69) is 15.0 Å². The van der Waals surface area contributed by atoms with Crippen molar-refractivity contribution in [1.29, 1.82) is 0 Å². The van der Waals surface area contributed by atoms with Crippen molar-refractivity contribution in [3.8, 4) is 5.69 Å². The fourth-order valence-corrected chi connectivity index (χ4v) is 2.76. The zero-order valence-corrected chi connectivity index (χ0v) is 13.5. The van der Waals surface area contributed by atoms with Gasteiger partial charge in [-0.15, -0.1) is 0 Å². The van der Waals surface area contributed by atoms with Crippen molar-refractivity contribution >= 4 is 5.78 Å². The van der Waals surface area contributed by atoms with Gasteiger partial charge in [-0.1, -0.05) is 0 Å². The van der Waals surface area contributed by atoms with Crippen LogP contribution in [0.2, 0.25) is 0 Å². The summed E-state index contributed by atoms with van der Waals surface area (Å²) in [6, 6.07) is 7.29. The predicted octanol–water partition coefficient (Wildman–Crippen LogP) is 2.35. The first kappa shape index (κ1) is 15.0. The number of benzene rings is 1. The molecule has 118 valence electrons. The Labute approximate surface area is 133 Å². The summed E-state index contributed by atoms with van der Waals surface area (Å²) in [5, 5.41) is 0. The van der Waals surface area contributed by atoms with Gasteiger partial charge >= 0.3 is 5.69 Å². The van der Waals surface area contributed by atoms with Crippen LogP contribution in [0.3, 0.4) is 0 Å². The zero-order valence-electron chi connectivity index (χ0n) is 13.5. The molecule has 3 aromatic rings. The van der Waals surface area contributed by atoms with Gasteiger partial charge in [-0.3, -0.25) is 4.79 Å². The molecule has 2 heterocycles. The molecule has 2 aromatic heterocycles. The first-order valence-corrected chi connectivity index (χ1v) is 7.35. The minimum absolute atomic E-state index is 0.206. The average molecular weight is 310 g/mol. The molecule has 3 rings (SSSR count). The van der Waals surface area contributed by atoms with Crippen LogP contribution < -0.4 is 5.69 Å². The second-order valence-electron chi connectivity index (χ2n) is 5.62. The second kappa shape index (κ2) is 5.39. The zero-order chi connectivity index (χ0) is 16.7. The fourth-order valence-electron chi connectivity index (χ4n) is 2.76. The number of aromatic amines is 2. The predicted molar refractivity (Wildman–Crippen MR) is 87.4 cm³/mol. The molecular weight excluding hydrogens is 292 g/mol. The van der Waals surface area contributed by atoms with Crippen molar-refractivity contribution in [2.24, 2.45) is 0 Å². The second-order valence-corrected chi connectivity index (χ2v) is 5.62. The molecule has 1 aromatic carbocycles. The number of carbonyl (C=O) groups excluding carboxylic acids is 1. The Bertz CT molecular complexity index is 942. The molecule has 0 aliphatic carbocycles. The lowest BCUT2D eigenvalue weighted by Gasteiger charge is -2.09. The molecule has 6 nitrogen and oxygen atoms in total. The van der Waals surface area contributed by atoms with E-state index in [-0.39, 0.29) is 11.5 Å². The summed E-state index contributed by atoms with van der Waals surface area (Å²) in [5.74, 6) is 0.701. The molecule has 0 saturated heterocycles. The van der Waals surface area contributed by atoms with E-state index in [9.17, 15) is 9.59 Å². The third-order valence-electron chi connectivity index (χ3n) is 4.04. The number of hydrogen-bond donors (Lipinski definition) is 2. The van der Waals surface area contributed by atoms with Crippen LogP contribution in [-0.4, -0.2) is 25.3 Å². The number of hydrogen-bond acceptors (Lipinski definition) is 3. The molecule has 2 N–H and O–H groups in total. The summed E-state index contributed by atoms with van der Waals surface area (Å²) in [4.78, 5) is 33.3. The highest BCUT2D eigenvalue weighted by Gasteiger charge is 2.15. The van der Waals surface area contributed by atoms with Crippen molar-refractivity contribution in [3.05, 3.63) is 68.9 Å². The highest BCUT2D eigenvalue weighted by atomic mass is 16.1. The maximum absolute atomic E-state index is 12.5. The fraction of sp³-hybridized carbons (Fsp3) is 0.235. The third kappa shape index (κ3) is 2.52. The molecule has 0 aliphatic rings. The highest BCUT2D eigenvalue weighted by molar-refractivity contribution is 6.08. The standard InChI is InChI=1S/C17H18N4O2/c1-9-11(3)21(12(4)18-9)14-7-5-13(6-8-14)16(22)15-10(2)19-17(23)20-15/h5-8H,1-4H3,(H2,19,20,23). The van der Waals surface area contributed by atoms with Gasteiger partial charge in [0.05, 0.1) is 5.69 Å². The Kier molecular flexibility index (Phi) is 3.52. The lowest BCUT2D eigenvalue weighted by Crippen LogP contribution is -2.07.